The Balaban J connectivity index is 3.74. The average Bonchev–Trinajstić information content (AvgIpc) is 2.11. The standard InChI is InChI=1S/C8H14N2O4/c9-5(7(11)12)3-1-2-4-6(10)8(13)14/h1-2,5-6H,3-4,9-10H2,(H,11,12)(H,13,14)/b2-1+/t5-,6+. The summed E-state index contributed by atoms with van der Waals surface area (Å²) in [6.45, 7) is 0. The Morgan fingerprint density at radius 1 is 1.00 bits per heavy atom. The molecule has 0 spiro atoms. The molecule has 0 saturated carbocycles. The average molecular weight is 202 g/mol. The Labute approximate surface area is 81.2 Å². The molecule has 14 heavy (non-hydrogen) atoms. The van der Waals surface area contributed by atoms with Gasteiger partial charge in [-0.3, -0.25) is 0 Å². The topological polar surface area (TPSA) is 136 Å². The highest BCUT2D eigenvalue weighted by Crippen LogP contribution is 1.91. The van der Waals surface area contributed by atoms with Crippen molar-refractivity contribution in [2.45, 2.75) is 24.9 Å². The van der Waals surface area contributed by atoms with Gasteiger partial charge in [-0.15, -0.1) is 0 Å². The van der Waals surface area contributed by atoms with Crippen molar-refractivity contribution in [1.82, 2.24) is 0 Å². The summed E-state index contributed by atoms with van der Waals surface area (Å²) in [7, 11) is 0. The van der Waals surface area contributed by atoms with Crippen molar-refractivity contribution in [3.8, 4) is 0 Å². The van der Waals surface area contributed by atoms with Crippen molar-refractivity contribution in [2.24, 2.45) is 0 Å². The summed E-state index contributed by atoms with van der Waals surface area (Å²) in [5.41, 5.74) is 6.66. The van der Waals surface area contributed by atoms with Gasteiger partial charge in [0.15, 0.2) is 0 Å². The summed E-state index contributed by atoms with van der Waals surface area (Å²) in [5, 5.41) is 20.4. The molecule has 0 aliphatic rings. The number of quaternary nitrogens is 2. The Kier molecular flexibility index (Phi) is 5.50. The maximum atomic E-state index is 10.2. The molecule has 6 heteroatoms. The molecule has 0 aliphatic heterocycles. The zero-order valence-electron chi connectivity index (χ0n) is 7.77. The summed E-state index contributed by atoms with van der Waals surface area (Å²) in [6.07, 6.45) is 3.55. The number of hydrogen-bond donors (Lipinski definition) is 2. The van der Waals surface area contributed by atoms with E-state index in [1.165, 1.54) is 0 Å². The van der Waals surface area contributed by atoms with Gasteiger partial charge in [-0.1, -0.05) is 12.2 Å². The highest BCUT2D eigenvalue weighted by atomic mass is 16.4. The molecule has 0 rings (SSSR count). The summed E-state index contributed by atoms with van der Waals surface area (Å²) in [5.74, 6) is -2.44. The number of carbonyl (C=O) groups is 2. The predicted molar refractivity (Wildman–Crippen MR) is 41.7 cm³/mol. The third-order valence-corrected chi connectivity index (χ3v) is 1.67. The van der Waals surface area contributed by atoms with Crippen molar-refractivity contribution in [2.75, 3.05) is 0 Å². The van der Waals surface area contributed by atoms with Crippen molar-refractivity contribution in [3.63, 3.8) is 0 Å². The summed E-state index contributed by atoms with van der Waals surface area (Å²) in [6, 6.07) is -1.62. The van der Waals surface area contributed by atoms with Gasteiger partial charge in [-0.05, 0) is 0 Å². The van der Waals surface area contributed by atoms with Gasteiger partial charge >= 0.3 is 0 Å². The second-order valence-electron chi connectivity index (χ2n) is 2.97. The van der Waals surface area contributed by atoms with Crippen LogP contribution in [-0.2, 0) is 9.59 Å². The first-order valence-electron chi connectivity index (χ1n) is 4.18. The lowest BCUT2D eigenvalue weighted by atomic mass is 10.1. The van der Waals surface area contributed by atoms with Gasteiger partial charge in [0, 0.05) is 12.8 Å². The number of carboxylic acids is 2. The molecule has 0 aliphatic carbocycles. The second-order valence-corrected chi connectivity index (χ2v) is 2.97. The van der Waals surface area contributed by atoms with E-state index in [1.54, 1.807) is 12.2 Å². The first kappa shape index (κ1) is 12.6. The van der Waals surface area contributed by atoms with E-state index in [0.717, 1.165) is 0 Å². The number of hydrogen-bond acceptors (Lipinski definition) is 4. The number of rotatable bonds is 6. The van der Waals surface area contributed by atoms with E-state index in [9.17, 15) is 19.8 Å². The third kappa shape index (κ3) is 5.28. The predicted octanol–water partition coefficient (Wildman–Crippen LogP) is -4.96. The molecule has 0 radical (unpaired) electrons. The molecule has 0 saturated heterocycles. The smallest absolute Gasteiger partial charge is 0.128 e. The lowest BCUT2D eigenvalue weighted by Crippen LogP contribution is -2.68. The van der Waals surface area contributed by atoms with E-state index in [-0.39, 0.29) is 12.8 Å². The fourth-order valence-corrected chi connectivity index (χ4v) is 0.713. The van der Waals surface area contributed by atoms with E-state index in [4.69, 9.17) is 0 Å². The zero-order chi connectivity index (χ0) is 11.1. The van der Waals surface area contributed by atoms with E-state index < -0.39 is 24.0 Å². The number of aliphatic carboxylic acids is 2. The van der Waals surface area contributed by atoms with Crippen molar-refractivity contribution >= 4 is 11.9 Å². The van der Waals surface area contributed by atoms with Crippen molar-refractivity contribution < 1.29 is 31.3 Å². The molecule has 0 amide bonds. The van der Waals surface area contributed by atoms with Gasteiger partial charge in [0.1, 0.15) is 12.1 Å². The van der Waals surface area contributed by atoms with Crippen molar-refractivity contribution in [1.29, 1.82) is 0 Å². The minimum absolute atomic E-state index is 0.224. The van der Waals surface area contributed by atoms with E-state index in [0.29, 0.717) is 0 Å². The van der Waals surface area contributed by atoms with Gasteiger partial charge < -0.3 is 31.3 Å². The van der Waals surface area contributed by atoms with E-state index in [2.05, 4.69) is 11.5 Å². The molecular formula is C8H14N2O4. The Morgan fingerprint density at radius 2 is 1.29 bits per heavy atom. The maximum Gasteiger partial charge on any atom is 0.128 e. The normalized spacial score (nSPS) is 15.3. The van der Waals surface area contributed by atoms with Crippen LogP contribution in [0.2, 0.25) is 0 Å². The lowest BCUT2D eigenvalue weighted by Gasteiger charge is -2.07. The molecule has 0 aromatic carbocycles. The summed E-state index contributed by atoms with van der Waals surface area (Å²) >= 11 is 0. The minimum Gasteiger partial charge on any atom is -0.544 e. The fraction of sp³-hybridized carbons (Fsp3) is 0.500. The molecule has 6 nitrogen and oxygen atoms in total. The van der Waals surface area contributed by atoms with Crippen LogP contribution in [0.5, 0.6) is 0 Å². The number of carboxylic acid groups (broad SMARTS) is 2. The number of carbonyl (C=O) groups excluding carboxylic acids is 2. The van der Waals surface area contributed by atoms with Gasteiger partial charge in [0.25, 0.3) is 0 Å². The SMILES string of the molecule is [NH3+][C@H](C/C=C/C[C@H]([NH3+])C(=O)[O-])C(=O)[O-]. The largest absolute Gasteiger partial charge is 0.544 e. The molecule has 6 N–H and O–H groups in total. The van der Waals surface area contributed by atoms with Gasteiger partial charge in [-0.25, -0.2) is 0 Å². The monoisotopic (exact) mass is 202 g/mol. The van der Waals surface area contributed by atoms with Gasteiger partial charge in [0.2, 0.25) is 0 Å². The van der Waals surface area contributed by atoms with Crippen LogP contribution in [0.3, 0.4) is 0 Å². The van der Waals surface area contributed by atoms with Crippen LogP contribution in [0, 0.1) is 0 Å². The molecule has 2 atom stereocenters. The Hall–Kier alpha value is -1.40. The van der Waals surface area contributed by atoms with Crippen LogP contribution in [-0.4, -0.2) is 24.0 Å². The minimum atomic E-state index is -1.22. The fourth-order valence-electron chi connectivity index (χ4n) is 0.713. The highest BCUT2D eigenvalue weighted by Gasteiger charge is 2.05. The molecule has 0 heterocycles. The van der Waals surface area contributed by atoms with Crippen molar-refractivity contribution in [3.05, 3.63) is 12.2 Å². The molecule has 0 unspecified atom stereocenters. The maximum absolute atomic E-state index is 10.2. The van der Waals surface area contributed by atoms with Crippen LogP contribution in [0.15, 0.2) is 12.2 Å². The van der Waals surface area contributed by atoms with Crippen LogP contribution in [0.4, 0.5) is 0 Å². The molecule has 80 valence electrons. The zero-order valence-corrected chi connectivity index (χ0v) is 7.77. The van der Waals surface area contributed by atoms with E-state index >= 15 is 0 Å². The molecular weight excluding hydrogens is 188 g/mol. The van der Waals surface area contributed by atoms with Crippen LogP contribution in [0.1, 0.15) is 12.8 Å². The lowest BCUT2D eigenvalue weighted by molar-refractivity contribution is -0.437. The van der Waals surface area contributed by atoms with Crippen LogP contribution < -0.4 is 21.7 Å². The third-order valence-electron chi connectivity index (χ3n) is 1.67. The quantitative estimate of drug-likeness (QED) is 0.417. The van der Waals surface area contributed by atoms with Gasteiger partial charge in [-0.2, -0.15) is 0 Å². The highest BCUT2D eigenvalue weighted by molar-refractivity contribution is 5.69. The van der Waals surface area contributed by atoms with Crippen LogP contribution >= 0.6 is 0 Å². The molecule has 0 aromatic heterocycles. The summed E-state index contributed by atoms with van der Waals surface area (Å²) < 4.78 is 0. The van der Waals surface area contributed by atoms with Crippen LogP contribution in [0.25, 0.3) is 0 Å². The van der Waals surface area contributed by atoms with E-state index in [1.807, 2.05) is 0 Å². The summed E-state index contributed by atoms with van der Waals surface area (Å²) in [4.78, 5) is 20.4. The first-order valence-corrected chi connectivity index (χ1v) is 4.18. The van der Waals surface area contributed by atoms with Gasteiger partial charge in [0.05, 0.1) is 11.9 Å². The first-order chi connectivity index (χ1) is 6.45. The molecule has 0 bridgehead atoms. The molecule has 0 fully saturated rings. The Bertz CT molecular complexity index is 215. The second kappa shape index (κ2) is 6.11. The Morgan fingerprint density at radius 3 is 1.50 bits per heavy atom. The molecule has 0 aromatic rings.